The van der Waals surface area contributed by atoms with Crippen LogP contribution in [0.1, 0.15) is 31.4 Å². The number of carbonyl (C=O) groups is 1. The van der Waals surface area contributed by atoms with E-state index >= 15 is 0 Å². The standard InChI is InChI=1S/C13H15ClO4/c1-7-8(13(2,3)5-10(15)16)4-9(14)12-11(7)17-6-18-12/h4H,5-6H2,1-3H3,(H,15,16). The van der Waals surface area contributed by atoms with Gasteiger partial charge in [0.25, 0.3) is 0 Å². The topological polar surface area (TPSA) is 55.8 Å². The summed E-state index contributed by atoms with van der Waals surface area (Å²) in [5.74, 6) is 0.327. The molecular weight excluding hydrogens is 256 g/mol. The van der Waals surface area contributed by atoms with Crippen LogP contribution in [0.2, 0.25) is 5.02 Å². The summed E-state index contributed by atoms with van der Waals surface area (Å²) in [4.78, 5) is 10.9. The molecule has 4 nitrogen and oxygen atoms in total. The number of ether oxygens (including phenoxy) is 2. The van der Waals surface area contributed by atoms with Gasteiger partial charge >= 0.3 is 5.97 Å². The molecule has 0 aromatic heterocycles. The monoisotopic (exact) mass is 270 g/mol. The van der Waals surface area contributed by atoms with Crippen LogP contribution in [0.25, 0.3) is 0 Å². The highest BCUT2D eigenvalue weighted by Gasteiger charge is 2.31. The van der Waals surface area contributed by atoms with Gasteiger partial charge in [0.1, 0.15) is 0 Å². The zero-order chi connectivity index (χ0) is 13.5. The summed E-state index contributed by atoms with van der Waals surface area (Å²) in [7, 11) is 0. The van der Waals surface area contributed by atoms with Crippen molar-refractivity contribution in [2.24, 2.45) is 0 Å². The Morgan fingerprint density at radius 3 is 2.67 bits per heavy atom. The van der Waals surface area contributed by atoms with E-state index in [0.717, 1.165) is 11.1 Å². The van der Waals surface area contributed by atoms with Crippen LogP contribution in [-0.2, 0) is 10.2 Å². The van der Waals surface area contributed by atoms with Crippen molar-refractivity contribution >= 4 is 17.6 Å². The van der Waals surface area contributed by atoms with Crippen LogP contribution in [0.3, 0.4) is 0 Å². The van der Waals surface area contributed by atoms with Gasteiger partial charge in [-0.25, -0.2) is 0 Å². The number of benzene rings is 1. The van der Waals surface area contributed by atoms with Crippen molar-refractivity contribution in [1.82, 2.24) is 0 Å². The van der Waals surface area contributed by atoms with Crippen LogP contribution in [0, 0.1) is 6.92 Å². The van der Waals surface area contributed by atoms with Gasteiger partial charge in [0.15, 0.2) is 11.5 Å². The van der Waals surface area contributed by atoms with Crippen LogP contribution in [0.15, 0.2) is 6.07 Å². The molecule has 1 aliphatic heterocycles. The van der Waals surface area contributed by atoms with Crippen molar-refractivity contribution in [2.75, 3.05) is 6.79 Å². The highest BCUT2D eigenvalue weighted by Crippen LogP contribution is 2.46. The molecule has 5 heteroatoms. The van der Waals surface area contributed by atoms with Crippen molar-refractivity contribution in [3.8, 4) is 11.5 Å². The summed E-state index contributed by atoms with van der Waals surface area (Å²) in [6.07, 6.45) is 0.0316. The van der Waals surface area contributed by atoms with E-state index in [1.807, 2.05) is 20.8 Å². The van der Waals surface area contributed by atoms with E-state index in [1.54, 1.807) is 6.07 Å². The predicted molar refractivity (Wildman–Crippen MR) is 67.6 cm³/mol. The van der Waals surface area contributed by atoms with Gasteiger partial charge in [0, 0.05) is 5.41 Å². The summed E-state index contributed by atoms with van der Waals surface area (Å²) in [5.41, 5.74) is 1.25. The molecule has 0 fully saturated rings. The van der Waals surface area contributed by atoms with Crippen LogP contribution in [-0.4, -0.2) is 17.9 Å². The molecule has 0 saturated carbocycles. The van der Waals surface area contributed by atoms with Crippen molar-refractivity contribution < 1.29 is 19.4 Å². The van der Waals surface area contributed by atoms with E-state index in [4.69, 9.17) is 26.2 Å². The molecule has 1 aliphatic rings. The number of aliphatic carboxylic acids is 1. The first-order chi connectivity index (χ1) is 8.33. The summed E-state index contributed by atoms with van der Waals surface area (Å²) in [6.45, 7) is 5.80. The first kappa shape index (κ1) is 13.0. The smallest absolute Gasteiger partial charge is 0.304 e. The first-order valence-electron chi connectivity index (χ1n) is 5.64. The molecule has 1 aromatic carbocycles. The fraction of sp³-hybridized carbons (Fsp3) is 0.462. The third kappa shape index (κ3) is 2.12. The molecule has 0 unspecified atom stereocenters. The fourth-order valence-electron chi connectivity index (χ4n) is 2.33. The minimum atomic E-state index is -0.840. The number of halogens is 1. The Kier molecular flexibility index (Phi) is 3.15. The second-order valence-electron chi connectivity index (χ2n) is 5.05. The van der Waals surface area contributed by atoms with Crippen LogP contribution >= 0.6 is 11.6 Å². The SMILES string of the molecule is Cc1c(C(C)(C)CC(=O)O)cc(Cl)c2c1OCO2. The third-order valence-corrected chi connectivity index (χ3v) is 3.45. The Hall–Kier alpha value is -1.42. The minimum absolute atomic E-state index is 0.0316. The molecule has 0 atom stereocenters. The lowest BCUT2D eigenvalue weighted by atomic mass is 9.79. The molecule has 2 rings (SSSR count). The van der Waals surface area contributed by atoms with Crippen molar-refractivity contribution in [2.45, 2.75) is 32.6 Å². The Bertz CT molecular complexity index is 508. The highest BCUT2D eigenvalue weighted by atomic mass is 35.5. The Morgan fingerprint density at radius 2 is 2.06 bits per heavy atom. The average Bonchev–Trinajstić information content (AvgIpc) is 2.70. The summed E-state index contributed by atoms with van der Waals surface area (Å²) in [6, 6.07) is 1.77. The highest BCUT2D eigenvalue weighted by molar-refractivity contribution is 6.32. The average molecular weight is 271 g/mol. The molecule has 18 heavy (non-hydrogen) atoms. The summed E-state index contributed by atoms with van der Waals surface area (Å²) >= 11 is 6.14. The number of carboxylic acid groups (broad SMARTS) is 1. The largest absolute Gasteiger partial charge is 0.481 e. The van der Waals surface area contributed by atoms with Gasteiger partial charge in [-0.2, -0.15) is 0 Å². The van der Waals surface area contributed by atoms with E-state index in [9.17, 15) is 4.79 Å². The maximum Gasteiger partial charge on any atom is 0.304 e. The van der Waals surface area contributed by atoms with Gasteiger partial charge in [-0.3, -0.25) is 4.79 Å². The molecule has 0 aliphatic carbocycles. The number of fused-ring (bicyclic) bond motifs is 1. The number of rotatable bonds is 3. The number of hydrogen-bond acceptors (Lipinski definition) is 3. The lowest BCUT2D eigenvalue weighted by Crippen LogP contribution is -2.23. The summed E-state index contributed by atoms with van der Waals surface area (Å²) in [5, 5.41) is 9.43. The molecule has 0 spiro atoms. The molecule has 0 saturated heterocycles. The molecule has 1 heterocycles. The Balaban J connectivity index is 2.52. The minimum Gasteiger partial charge on any atom is -0.481 e. The predicted octanol–water partition coefficient (Wildman–Crippen LogP) is 3.13. The van der Waals surface area contributed by atoms with Gasteiger partial charge < -0.3 is 14.6 Å². The van der Waals surface area contributed by atoms with Gasteiger partial charge in [-0.05, 0) is 24.1 Å². The Labute approximate surface area is 110 Å². The van der Waals surface area contributed by atoms with Crippen LogP contribution in [0.5, 0.6) is 11.5 Å². The molecular formula is C13H15ClO4. The maximum atomic E-state index is 10.9. The van der Waals surface area contributed by atoms with Crippen molar-refractivity contribution in [3.63, 3.8) is 0 Å². The molecule has 1 N–H and O–H groups in total. The number of hydrogen-bond donors (Lipinski definition) is 1. The van der Waals surface area contributed by atoms with E-state index in [-0.39, 0.29) is 13.2 Å². The zero-order valence-corrected chi connectivity index (χ0v) is 11.3. The first-order valence-corrected chi connectivity index (χ1v) is 6.01. The van der Waals surface area contributed by atoms with Gasteiger partial charge in [0.2, 0.25) is 6.79 Å². The quantitative estimate of drug-likeness (QED) is 0.917. The number of carboxylic acids is 1. The second kappa shape index (κ2) is 4.35. The van der Waals surface area contributed by atoms with E-state index < -0.39 is 11.4 Å². The van der Waals surface area contributed by atoms with Gasteiger partial charge in [-0.15, -0.1) is 0 Å². The lowest BCUT2D eigenvalue weighted by molar-refractivity contribution is -0.138. The molecule has 98 valence electrons. The lowest BCUT2D eigenvalue weighted by Gasteiger charge is -2.26. The molecule has 0 radical (unpaired) electrons. The normalized spacial score (nSPS) is 13.8. The van der Waals surface area contributed by atoms with Crippen molar-refractivity contribution in [3.05, 3.63) is 22.2 Å². The van der Waals surface area contributed by atoms with Crippen LogP contribution in [0.4, 0.5) is 0 Å². The van der Waals surface area contributed by atoms with Crippen molar-refractivity contribution in [1.29, 1.82) is 0 Å². The Morgan fingerprint density at radius 1 is 1.44 bits per heavy atom. The molecule has 0 bridgehead atoms. The van der Waals surface area contributed by atoms with E-state index in [0.29, 0.717) is 16.5 Å². The third-order valence-electron chi connectivity index (χ3n) is 3.17. The van der Waals surface area contributed by atoms with E-state index in [1.165, 1.54) is 0 Å². The fourth-order valence-corrected chi connectivity index (χ4v) is 2.58. The summed E-state index contributed by atoms with van der Waals surface area (Å²) < 4.78 is 10.7. The molecule has 1 aromatic rings. The van der Waals surface area contributed by atoms with Gasteiger partial charge in [-0.1, -0.05) is 25.4 Å². The van der Waals surface area contributed by atoms with Gasteiger partial charge in [0.05, 0.1) is 11.4 Å². The molecule has 0 amide bonds. The maximum absolute atomic E-state index is 10.9. The van der Waals surface area contributed by atoms with Crippen LogP contribution < -0.4 is 9.47 Å². The van der Waals surface area contributed by atoms with E-state index in [2.05, 4.69) is 0 Å². The zero-order valence-electron chi connectivity index (χ0n) is 10.5. The second-order valence-corrected chi connectivity index (χ2v) is 5.46.